The van der Waals surface area contributed by atoms with Gasteiger partial charge in [-0.3, -0.25) is 14.4 Å². The smallest absolute Gasteiger partial charge is 0.308 e. The van der Waals surface area contributed by atoms with Gasteiger partial charge in [-0.15, -0.1) is 0 Å². The lowest BCUT2D eigenvalue weighted by Gasteiger charge is -2.37. The summed E-state index contributed by atoms with van der Waals surface area (Å²) in [7, 11) is 0. The van der Waals surface area contributed by atoms with Crippen LogP contribution in [0.2, 0.25) is 5.02 Å². The van der Waals surface area contributed by atoms with Gasteiger partial charge < -0.3 is 10.0 Å². The van der Waals surface area contributed by atoms with E-state index in [1.807, 2.05) is 0 Å². The Balaban J connectivity index is 1.92. The zero-order chi connectivity index (χ0) is 17.0. The molecular weight excluding hydrogens is 318 g/mol. The van der Waals surface area contributed by atoms with E-state index in [1.165, 1.54) is 0 Å². The van der Waals surface area contributed by atoms with Gasteiger partial charge in [-0.1, -0.05) is 11.6 Å². The van der Waals surface area contributed by atoms with Crippen molar-refractivity contribution in [2.45, 2.75) is 38.6 Å². The number of carboxylic acid groups (broad SMARTS) is 1. The number of halogens is 1. The summed E-state index contributed by atoms with van der Waals surface area (Å²) in [5.41, 5.74) is 0.525. The quantitative estimate of drug-likeness (QED) is 0.838. The molecule has 0 bridgehead atoms. The van der Waals surface area contributed by atoms with Crippen LogP contribution in [0.1, 0.15) is 43.0 Å². The Morgan fingerprint density at radius 1 is 1.22 bits per heavy atom. The van der Waals surface area contributed by atoms with Crippen LogP contribution in [0, 0.1) is 5.92 Å². The van der Waals surface area contributed by atoms with Crippen molar-refractivity contribution in [2.75, 3.05) is 6.54 Å². The minimum atomic E-state index is -0.868. The van der Waals surface area contributed by atoms with Crippen LogP contribution in [0.5, 0.6) is 0 Å². The van der Waals surface area contributed by atoms with E-state index in [9.17, 15) is 19.5 Å². The van der Waals surface area contributed by atoms with Gasteiger partial charge in [0.15, 0.2) is 5.78 Å². The molecule has 1 heterocycles. The first-order valence-corrected chi connectivity index (χ1v) is 8.09. The number of likely N-dealkylation sites (tertiary alicyclic amines) is 1. The van der Waals surface area contributed by atoms with Gasteiger partial charge in [-0.2, -0.15) is 0 Å². The number of benzene rings is 1. The molecule has 1 N–H and O–H groups in total. The first-order chi connectivity index (χ1) is 10.9. The normalized spacial score (nSPS) is 21.0. The molecule has 1 fully saturated rings. The third-order valence-corrected chi connectivity index (χ3v) is 4.61. The molecule has 1 aliphatic heterocycles. The van der Waals surface area contributed by atoms with Crippen LogP contribution in [0.25, 0.3) is 0 Å². The number of carbonyl (C=O) groups excluding carboxylic acids is 2. The molecule has 2 atom stereocenters. The third kappa shape index (κ3) is 4.32. The van der Waals surface area contributed by atoms with Crippen molar-refractivity contribution in [3.63, 3.8) is 0 Å². The summed E-state index contributed by atoms with van der Waals surface area (Å²) < 4.78 is 0. The molecule has 1 amide bonds. The average molecular weight is 338 g/mol. The summed E-state index contributed by atoms with van der Waals surface area (Å²) in [4.78, 5) is 37.2. The van der Waals surface area contributed by atoms with Gasteiger partial charge in [-0.25, -0.2) is 0 Å². The number of piperidine rings is 1. The Labute approximate surface area is 140 Å². The van der Waals surface area contributed by atoms with Gasteiger partial charge in [0, 0.05) is 36.0 Å². The maximum absolute atomic E-state index is 12.3. The van der Waals surface area contributed by atoms with E-state index >= 15 is 0 Å². The molecule has 0 unspecified atom stereocenters. The first kappa shape index (κ1) is 17.5. The maximum atomic E-state index is 12.3. The van der Waals surface area contributed by atoms with Gasteiger partial charge in [-0.05, 0) is 44.0 Å². The number of Topliss-reactive ketones (excluding diaryl/α,β-unsaturated/α-hetero) is 1. The fourth-order valence-electron chi connectivity index (χ4n) is 2.97. The Morgan fingerprint density at radius 2 is 1.87 bits per heavy atom. The van der Waals surface area contributed by atoms with Crippen molar-refractivity contribution in [3.8, 4) is 0 Å². The number of carboxylic acids is 1. The number of nitrogens with zero attached hydrogens (tertiary/aromatic N) is 1. The maximum Gasteiger partial charge on any atom is 0.308 e. The van der Waals surface area contributed by atoms with Crippen molar-refractivity contribution >= 4 is 29.3 Å². The van der Waals surface area contributed by atoms with E-state index in [-0.39, 0.29) is 30.6 Å². The summed E-state index contributed by atoms with van der Waals surface area (Å²) in [6, 6.07) is 6.22. The number of ketones is 1. The second kappa shape index (κ2) is 7.59. The highest BCUT2D eigenvalue weighted by Crippen LogP contribution is 2.24. The highest BCUT2D eigenvalue weighted by atomic mass is 35.5. The van der Waals surface area contributed by atoms with Crippen molar-refractivity contribution in [3.05, 3.63) is 34.9 Å². The molecule has 0 spiro atoms. The summed E-state index contributed by atoms with van der Waals surface area (Å²) in [5, 5.41) is 9.75. The van der Waals surface area contributed by atoms with Crippen molar-refractivity contribution in [2.24, 2.45) is 5.92 Å². The summed E-state index contributed by atoms with van der Waals surface area (Å²) in [6.07, 6.45) is 1.47. The molecule has 1 aromatic carbocycles. The third-order valence-electron chi connectivity index (χ3n) is 4.36. The first-order valence-electron chi connectivity index (χ1n) is 7.71. The molecule has 23 heavy (non-hydrogen) atoms. The Morgan fingerprint density at radius 3 is 2.48 bits per heavy atom. The largest absolute Gasteiger partial charge is 0.481 e. The highest BCUT2D eigenvalue weighted by molar-refractivity contribution is 6.30. The van der Waals surface area contributed by atoms with Crippen LogP contribution in [-0.4, -0.2) is 40.3 Å². The SMILES string of the molecule is C[C@@H]1[C@H](C(=O)O)CCCN1C(=O)CCC(=O)c1ccc(Cl)cc1. The minimum Gasteiger partial charge on any atom is -0.481 e. The second-order valence-electron chi connectivity index (χ2n) is 5.84. The molecule has 5 nitrogen and oxygen atoms in total. The lowest BCUT2D eigenvalue weighted by molar-refractivity contribution is -0.149. The van der Waals surface area contributed by atoms with E-state index in [2.05, 4.69) is 0 Å². The predicted octanol–water partition coefficient (Wildman–Crippen LogP) is 3.01. The molecule has 1 aliphatic rings. The molecule has 0 saturated carbocycles. The molecule has 1 aromatic rings. The van der Waals surface area contributed by atoms with Crippen LogP contribution in [0.4, 0.5) is 0 Å². The molecule has 2 rings (SSSR count). The number of amides is 1. The fraction of sp³-hybridized carbons (Fsp3) is 0.471. The standard InChI is InChI=1S/C17H20ClNO4/c1-11-14(17(22)23)3-2-10-19(11)16(21)9-8-15(20)12-4-6-13(18)7-5-12/h4-7,11,14H,2-3,8-10H2,1H3,(H,22,23)/t11-,14-/m1/s1. The molecule has 0 aromatic heterocycles. The lowest BCUT2D eigenvalue weighted by atomic mass is 9.90. The number of aliphatic carboxylic acids is 1. The Kier molecular flexibility index (Phi) is 5.77. The van der Waals surface area contributed by atoms with E-state index in [1.54, 1.807) is 36.1 Å². The van der Waals surface area contributed by atoms with Crippen LogP contribution < -0.4 is 0 Å². The number of hydrogen-bond donors (Lipinski definition) is 1. The monoisotopic (exact) mass is 337 g/mol. The van der Waals surface area contributed by atoms with E-state index in [0.717, 1.165) is 0 Å². The van der Waals surface area contributed by atoms with E-state index < -0.39 is 11.9 Å². The Hall–Kier alpha value is -1.88. The molecule has 124 valence electrons. The summed E-state index contributed by atoms with van der Waals surface area (Å²) in [5.74, 6) is -1.67. The van der Waals surface area contributed by atoms with E-state index in [4.69, 9.17) is 11.6 Å². The molecular formula is C17H20ClNO4. The lowest BCUT2D eigenvalue weighted by Crippen LogP contribution is -2.49. The van der Waals surface area contributed by atoms with Gasteiger partial charge in [0.25, 0.3) is 0 Å². The van der Waals surface area contributed by atoms with Crippen LogP contribution in [0.15, 0.2) is 24.3 Å². The highest BCUT2D eigenvalue weighted by Gasteiger charge is 2.35. The van der Waals surface area contributed by atoms with Gasteiger partial charge >= 0.3 is 5.97 Å². The number of carbonyl (C=O) groups is 3. The minimum absolute atomic E-state index is 0.0954. The van der Waals surface area contributed by atoms with Crippen LogP contribution in [0.3, 0.4) is 0 Å². The predicted molar refractivity (Wildman–Crippen MR) is 86.6 cm³/mol. The van der Waals surface area contributed by atoms with Gasteiger partial charge in [0.05, 0.1) is 5.92 Å². The molecule has 1 saturated heterocycles. The molecule has 6 heteroatoms. The Bertz CT molecular complexity index is 599. The summed E-state index contributed by atoms with van der Waals surface area (Å²) >= 11 is 5.78. The molecule has 0 aliphatic carbocycles. The van der Waals surface area contributed by atoms with Crippen molar-refractivity contribution in [1.29, 1.82) is 0 Å². The van der Waals surface area contributed by atoms with Gasteiger partial charge in [0.2, 0.25) is 5.91 Å². The molecule has 0 radical (unpaired) electrons. The topological polar surface area (TPSA) is 74.7 Å². The zero-order valence-electron chi connectivity index (χ0n) is 13.0. The van der Waals surface area contributed by atoms with E-state index in [0.29, 0.717) is 30.0 Å². The van der Waals surface area contributed by atoms with Crippen molar-refractivity contribution < 1.29 is 19.5 Å². The van der Waals surface area contributed by atoms with Gasteiger partial charge in [0.1, 0.15) is 0 Å². The van der Waals surface area contributed by atoms with Crippen LogP contribution in [-0.2, 0) is 9.59 Å². The second-order valence-corrected chi connectivity index (χ2v) is 6.28. The van der Waals surface area contributed by atoms with Crippen LogP contribution >= 0.6 is 11.6 Å². The number of hydrogen-bond acceptors (Lipinski definition) is 3. The zero-order valence-corrected chi connectivity index (χ0v) is 13.8. The fourth-order valence-corrected chi connectivity index (χ4v) is 3.10. The summed E-state index contributed by atoms with van der Waals surface area (Å²) in [6.45, 7) is 2.32. The van der Waals surface area contributed by atoms with Crippen molar-refractivity contribution in [1.82, 2.24) is 4.90 Å². The number of rotatable bonds is 5. The average Bonchev–Trinajstić information content (AvgIpc) is 2.53.